The highest BCUT2D eigenvalue weighted by atomic mass is 127. The molecule has 0 saturated carbocycles. The zero-order chi connectivity index (χ0) is 22.4. The molecule has 0 atom stereocenters. The van der Waals surface area contributed by atoms with Crippen LogP contribution in [0.3, 0.4) is 0 Å². The Hall–Kier alpha value is -2.88. The second-order valence-corrected chi connectivity index (χ2v) is 7.67. The number of hydrogen-bond donors (Lipinski definition) is 0. The first-order valence-electron chi connectivity index (χ1n) is 9.76. The van der Waals surface area contributed by atoms with Gasteiger partial charge in [-0.1, -0.05) is 18.2 Å². The lowest BCUT2D eigenvalue weighted by atomic mass is 10.1. The molecule has 162 valence electrons. The van der Waals surface area contributed by atoms with E-state index in [4.69, 9.17) is 18.9 Å². The molecule has 0 bridgehead atoms. The maximum atomic E-state index is 12.4. The lowest BCUT2D eigenvalue weighted by molar-refractivity contribution is -0.145. The Bertz CT molecular complexity index is 1060. The first-order valence-corrected chi connectivity index (χ1v) is 10.8. The Balaban J connectivity index is 1.90. The number of cyclic esters (lactones) is 1. The largest absolute Gasteiger partial charge is 0.490 e. The van der Waals surface area contributed by atoms with Crippen molar-refractivity contribution in [3.05, 3.63) is 62.4 Å². The van der Waals surface area contributed by atoms with Crippen LogP contribution in [0.4, 0.5) is 0 Å². The minimum Gasteiger partial charge on any atom is -0.490 e. The van der Waals surface area contributed by atoms with Gasteiger partial charge in [-0.2, -0.15) is 0 Å². The first kappa shape index (κ1) is 22.8. The van der Waals surface area contributed by atoms with Crippen LogP contribution in [-0.2, 0) is 19.1 Å². The molecule has 0 saturated heterocycles. The summed E-state index contributed by atoms with van der Waals surface area (Å²) in [6.45, 7) is 5.98. The van der Waals surface area contributed by atoms with Gasteiger partial charge in [0.05, 0.1) is 16.8 Å². The monoisotopic (exact) mass is 535 g/mol. The van der Waals surface area contributed by atoms with Gasteiger partial charge in [-0.25, -0.2) is 14.6 Å². The molecule has 0 aliphatic carbocycles. The van der Waals surface area contributed by atoms with Crippen molar-refractivity contribution >= 4 is 46.5 Å². The average Bonchev–Trinajstić information content (AvgIpc) is 3.08. The van der Waals surface area contributed by atoms with Crippen LogP contribution < -0.4 is 9.47 Å². The van der Waals surface area contributed by atoms with Crippen molar-refractivity contribution in [2.24, 2.45) is 4.99 Å². The van der Waals surface area contributed by atoms with E-state index >= 15 is 0 Å². The van der Waals surface area contributed by atoms with E-state index < -0.39 is 11.9 Å². The molecule has 1 heterocycles. The van der Waals surface area contributed by atoms with Crippen LogP contribution in [0.2, 0.25) is 0 Å². The van der Waals surface area contributed by atoms with E-state index in [1.54, 1.807) is 19.1 Å². The maximum absolute atomic E-state index is 12.4. The van der Waals surface area contributed by atoms with E-state index in [0.717, 1.165) is 11.1 Å². The van der Waals surface area contributed by atoms with Gasteiger partial charge in [0.15, 0.2) is 23.8 Å². The summed E-state index contributed by atoms with van der Waals surface area (Å²) in [5.74, 6) is 0.201. The Morgan fingerprint density at radius 1 is 1.16 bits per heavy atom. The fourth-order valence-electron chi connectivity index (χ4n) is 2.90. The van der Waals surface area contributed by atoms with Crippen LogP contribution in [0.15, 0.2) is 47.1 Å². The molecular weight excluding hydrogens is 513 g/mol. The van der Waals surface area contributed by atoms with Gasteiger partial charge in [0.1, 0.15) is 0 Å². The number of ether oxygens (including phenoxy) is 4. The highest BCUT2D eigenvalue weighted by Crippen LogP contribution is 2.35. The van der Waals surface area contributed by atoms with Crippen LogP contribution >= 0.6 is 22.6 Å². The molecule has 0 amide bonds. The Morgan fingerprint density at radius 3 is 2.65 bits per heavy atom. The van der Waals surface area contributed by atoms with E-state index in [0.29, 0.717) is 27.2 Å². The molecule has 31 heavy (non-hydrogen) atoms. The van der Waals surface area contributed by atoms with Crippen molar-refractivity contribution in [2.75, 3.05) is 19.8 Å². The minimum absolute atomic E-state index is 0.191. The number of carbonyl (C=O) groups is 2. The summed E-state index contributed by atoms with van der Waals surface area (Å²) < 4.78 is 22.3. The van der Waals surface area contributed by atoms with E-state index in [1.165, 1.54) is 0 Å². The number of hydrogen-bond acceptors (Lipinski definition) is 7. The topological polar surface area (TPSA) is 83.4 Å². The SMILES string of the molecule is CCOC(=O)COc1c(I)cc(/C=C2\N=C(c3ccccc3C)OC2=O)cc1OCC. The number of aryl methyl sites for hydroxylation is 1. The number of nitrogens with zero attached hydrogens (tertiary/aromatic N) is 1. The fraction of sp³-hybridized carbons (Fsp3) is 0.261. The molecule has 0 unspecified atom stereocenters. The number of rotatable bonds is 8. The second kappa shape index (κ2) is 10.4. The maximum Gasteiger partial charge on any atom is 0.363 e. The molecular formula is C23H22INO6. The summed E-state index contributed by atoms with van der Waals surface area (Å²) in [4.78, 5) is 28.4. The number of halogens is 1. The third kappa shape index (κ3) is 5.63. The zero-order valence-corrected chi connectivity index (χ0v) is 19.6. The molecule has 8 heteroatoms. The van der Waals surface area contributed by atoms with E-state index in [9.17, 15) is 9.59 Å². The van der Waals surface area contributed by atoms with Crippen molar-refractivity contribution in [3.8, 4) is 11.5 Å². The van der Waals surface area contributed by atoms with Gasteiger partial charge in [0.25, 0.3) is 0 Å². The standard InChI is InChI=1S/C23H22INO6/c1-4-28-19-12-15(10-17(24)21(19)30-13-20(26)29-5-2)11-18-23(27)31-22(25-18)16-9-7-6-8-14(16)3/h6-12H,4-5,13H2,1-3H3/b18-11-. The highest BCUT2D eigenvalue weighted by molar-refractivity contribution is 14.1. The average molecular weight is 535 g/mol. The van der Waals surface area contributed by atoms with Crippen LogP contribution in [0.1, 0.15) is 30.5 Å². The zero-order valence-electron chi connectivity index (χ0n) is 17.4. The van der Waals surface area contributed by atoms with E-state index in [-0.39, 0.29) is 24.8 Å². The molecule has 3 rings (SSSR count). The summed E-state index contributed by atoms with van der Waals surface area (Å²) in [6.07, 6.45) is 1.63. The minimum atomic E-state index is -0.520. The number of carbonyl (C=O) groups excluding carboxylic acids is 2. The lowest BCUT2D eigenvalue weighted by Gasteiger charge is -2.14. The summed E-state index contributed by atoms with van der Waals surface area (Å²) in [5, 5.41) is 0. The summed E-state index contributed by atoms with van der Waals surface area (Å²) in [5.41, 5.74) is 2.62. The predicted molar refractivity (Wildman–Crippen MR) is 124 cm³/mol. The van der Waals surface area contributed by atoms with Crippen LogP contribution in [0.25, 0.3) is 6.08 Å². The Morgan fingerprint density at radius 2 is 1.94 bits per heavy atom. The van der Waals surface area contributed by atoms with Gasteiger partial charge in [-0.15, -0.1) is 0 Å². The Kier molecular flexibility index (Phi) is 7.67. The van der Waals surface area contributed by atoms with Crippen molar-refractivity contribution in [2.45, 2.75) is 20.8 Å². The summed E-state index contributed by atoms with van der Waals surface area (Å²) >= 11 is 2.09. The van der Waals surface area contributed by atoms with Crippen LogP contribution in [0, 0.1) is 10.5 Å². The molecule has 0 fully saturated rings. The number of aliphatic imine (C=N–C) groups is 1. The molecule has 1 aliphatic heterocycles. The van der Waals surface area contributed by atoms with Gasteiger partial charge < -0.3 is 18.9 Å². The van der Waals surface area contributed by atoms with Gasteiger partial charge in [-0.3, -0.25) is 0 Å². The molecule has 0 spiro atoms. The fourth-order valence-corrected chi connectivity index (χ4v) is 3.68. The summed E-state index contributed by atoms with van der Waals surface area (Å²) in [6, 6.07) is 11.1. The van der Waals surface area contributed by atoms with Gasteiger partial charge >= 0.3 is 11.9 Å². The van der Waals surface area contributed by atoms with Crippen molar-refractivity contribution in [1.82, 2.24) is 0 Å². The van der Waals surface area contributed by atoms with E-state index in [1.807, 2.05) is 44.2 Å². The van der Waals surface area contributed by atoms with Gasteiger partial charge in [0.2, 0.25) is 5.90 Å². The third-order valence-corrected chi connectivity index (χ3v) is 5.07. The lowest BCUT2D eigenvalue weighted by Crippen LogP contribution is -2.15. The molecule has 0 aromatic heterocycles. The van der Waals surface area contributed by atoms with E-state index in [2.05, 4.69) is 27.6 Å². The van der Waals surface area contributed by atoms with Gasteiger partial charge in [-0.05, 0) is 78.8 Å². The van der Waals surface area contributed by atoms with Gasteiger partial charge in [0, 0.05) is 5.56 Å². The van der Waals surface area contributed by atoms with Crippen molar-refractivity contribution in [1.29, 1.82) is 0 Å². The first-order chi connectivity index (χ1) is 14.9. The second-order valence-electron chi connectivity index (χ2n) is 6.51. The Labute approximate surface area is 194 Å². The molecule has 2 aromatic rings. The molecule has 0 N–H and O–H groups in total. The quantitative estimate of drug-likeness (QED) is 0.285. The molecule has 0 radical (unpaired) electrons. The van der Waals surface area contributed by atoms with Crippen LogP contribution in [-0.4, -0.2) is 37.7 Å². The molecule has 7 nitrogen and oxygen atoms in total. The molecule has 2 aromatic carbocycles. The normalized spacial score (nSPS) is 14.3. The van der Waals surface area contributed by atoms with Crippen molar-refractivity contribution in [3.63, 3.8) is 0 Å². The smallest absolute Gasteiger partial charge is 0.363 e. The predicted octanol–water partition coefficient (Wildman–Crippen LogP) is 4.28. The third-order valence-electron chi connectivity index (χ3n) is 4.27. The van der Waals surface area contributed by atoms with Crippen LogP contribution in [0.5, 0.6) is 11.5 Å². The van der Waals surface area contributed by atoms with Crippen molar-refractivity contribution < 1.29 is 28.5 Å². The molecule has 1 aliphatic rings. The number of benzene rings is 2. The number of esters is 2. The highest BCUT2D eigenvalue weighted by Gasteiger charge is 2.25. The summed E-state index contributed by atoms with van der Waals surface area (Å²) in [7, 11) is 0.